The molecular weight excluding hydrogens is 304 g/mol. The van der Waals surface area contributed by atoms with Crippen LogP contribution in [0, 0.1) is 0 Å². The highest BCUT2D eigenvalue weighted by Gasteiger charge is 2.28. The van der Waals surface area contributed by atoms with E-state index in [9.17, 15) is 4.79 Å². The first-order valence-electron chi connectivity index (χ1n) is 8.52. The van der Waals surface area contributed by atoms with Gasteiger partial charge < -0.3 is 10.0 Å². The fourth-order valence-electron chi connectivity index (χ4n) is 3.42. The summed E-state index contributed by atoms with van der Waals surface area (Å²) in [6.45, 7) is 4.09. The van der Waals surface area contributed by atoms with Crippen molar-refractivity contribution < 1.29 is 9.90 Å². The molecule has 0 aliphatic carbocycles. The number of aliphatic hydroxyl groups excluding tert-OH is 1. The SMILES string of the molecule is CC(C(=O)N1CCC(c2ccnn2CCO)CC1)c1cccnc1. The molecule has 0 spiro atoms. The van der Waals surface area contributed by atoms with Crippen LogP contribution in [-0.2, 0) is 11.3 Å². The van der Waals surface area contributed by atoms with Crippen LogP contribution >= 0.6 is 0 Å². The second-order valence-corrected chi connectivity index (χ2v) is 6.31. The number of piperidine rings is 1. The highest BCUT2D eigenvalue weighted by atomic mass is 16.3. The van der Waals surface area contributed by atoms with E-state index in [2.05, 4.69) is 10.1 Å². The number of aromatic nitrogens is 3. The van der Waals surface area contributed by atoms with Crippen LogP contribution in [0.2, 0.25) is 0 Å². The summed E-state index contributed by atoms with van der Waals surface area (Å²) in [5.41, 5.74) is 2.13. The molecule has 0 aromatic carbocycles. The van der Waals surface area contributed by atoms with Gasteiger partial charge in [-0.15, -0.1) is 0 Å². The second kappa shape index (κ2) is 7.57. The van der Waals surface area contributed by atoms with Gasteiger partial charge in [-0.05, 0) is 37.5 Å². The van der Waals surface area contributed by atoms with E-state index in [-0.39, 0.29) is 18.4 Å². The second-order valence-electron chi connectivity index (χ2n) is 6.31. The molecule has 0 bridgehead atoms. The third-order valence-electron chi connectivity index (χ3n) is 4.84. The molecule has 1 aliphatic heterocycles. The zero-order valence-electron chi connectivity index (χ0n) is 14.0. The van der Waals surface area contributed by atoms with Crippen molar-refractivity contribution >= 4 is 5.91 Å². The Balaban J connectivity index is 1.60. The lowest BCUT2D eigenvalue weighted by Gasteiger charge is -2.33. The number of pyridine rings is 1. The fourth-order valence-corrected chi connectivity index (χ4v) is 3.42. The number of amides is 1. The summed E-state index contributed by atoms with van der Waals surface area (Å²) in [4.78, 5) is 18.8. The Hall–Kier alpha value is -2.21. The average molecular weight is 328 g/mol. The minimum atomic E-state index is -0.157. The van der Waals surface area contributed by atoms with Gasteiger partial charge in [0.15, 0.2) is 0 Å². The van der Waals surface area contributed by atoms with E-state index in [0.717, 1.165) is 37.2 Å². The summed E-state index contributed by atoms with van der Waals surface area (Å²) < 4.78 is 1.88. The fraction of sp³-hybridized carbons (Fsp3) is 0.500. The molecule has 128 valence electrons. The lowest BCUT2D eigenvalue weighted by atomic mass is 9.92. The molecule has 24 heavy (non-hydrogen) atoms. The number of carbonyl (C=O) groups excluding carboxylic acids is 1. The van der Waals surface area contributed by atoms with Crippen molar-refractivity contribution in [3.8, 4) is 0 Å². The van der Waals surface area contributed by atoms with E-state index in [4.69, 9.17) is 5.11 Å². The molecule has 3 rings (SSSR count). The van der Waals surface area contributed by atoms with Gasteiger partial charge in [-0.1, -0.05) is 6.07 Å². The molecule has 1 aliphatic rings. The van der Waals surface area contributed by atoms with Crippen LogP contribution in [0.3, 0.4) is 0 Å². The minimum Gasteiger partial charge on any atom is -0.394 e. The first-order chi connectivity index (χ1) is 11.7. The number of aliphatic hydroxyl groups is 1. The van der Waals surface area contributed by atoms with E-state index < -0.39 is 0 Å². The van der Waals surface area contributed by atoms with E-state index in [1.54, 1.807) is 18.6 Å². The minimum absolute atomic E-state index is 0.0919. The summed E-state index contributed by atoms with van der Waals surface area (Å²) in [5.74, 6) is 0.414. The summed E-state index contributed by atoms with van der Waals surface area (Å²) in [5, 5.41) is 13.4. The Labute approximate surface area is 142 Å². The standard InChI is InChI=1S/C18H24N4O2/c1-14(16-3-2-7-19-13-16)18(24)21-9-5-15(6-10-21)17-4-8-20-22(17)11-12-23/h2-4,7-8,13-15,23H,5-6,9-12H2,1H3. The molecule has 1 fully saturated rings. The number of rotatable bonds is 5. The summed E-state index contributed by atoms with van der Waals surface area (Å²) >= 11 is 0. The maximum absolute atomic E-state index is 12.7. The van der Waals surface area contributed by atoms with Crippen molar-refractivity contribution in [1.82, 2.24) is 19.7 Å². The molecule has 0 saturated carbocycles. The van der Waals surface area contributed by atoms with Gasteiger partial charge >= 0.3 is 0 Å². The quantitative estimate of drug-likeness (QED) is 0.908. The van der Waals surface area contributed by atoms with Gasteiger partial charge in [-0.25, -0.2) is 0 Å². The van der Waals surface area contributed by atoms with Crippen LogP contribution in [0.1, 0.15) is 42.9 Å². The molecule has 1 N–H and O–H groups in total. The van der Waals surface area contributed by atoms with Crippen LogP contribution in [0.25, 0.3) is 0 Å². The topological polar surface area (TPSA) is 71.2 Å². The number of likely N-dealkylation sites (tertiary alicyclic amines) is 1. The first kappa shape index (κ1) is 16.6. The zero-order valence-corrected chi connectivity index (χ0v) is 14.0. The molecule has 1 amide bonds. The maximum atomic E-state index is 12.7. The number of nitrogens with zero attached hydrogens (tertiary/aromatic N) is 4. The van der Waals surface area contributed by atoms with Crippen molar-refractivity contribution in [2.75, 3.05) is 19.7 Å². The van der Waals surface area contributed by atoms with E-state index >= 15 is 0 Å². The van der Waals surface area contributed by atoms with Crippen molar-refractivity contribution in [3.05, 3.63) is 48.0 Å². The third kappa shape index (κ3) is 3.48. The predicted molar refractivity (Wildman–Crippen MR) is 90.5 cm³/mol. The lowest BCUT2D eigenvalue weighted by Crippen LogP contribution is -2.40. The molecule has 1 atom stereocenters. The Bertz CT molecular complexity index is 663. The van der Waals surface area contributed by atoms with E-state index in [0.29, 0.717) is 12.5 Å². The van der Waals surface area contributed by atoms with Crippen molar-refractivity contribution in [1.29, 1.82) is 0 Å². The lowest BCUT2D eigenvalue weighted by molar-refractivity contribution is -0.133. The summed E-state index contributed by atoms with van der Waals surface area (Å²) in [7, 11) is 0. The average Bonchev–Trinajstić information content (AvgIpc) is 3.10. The molecule has 2 aromatic heterocycles. The van der Waals surface area contributed by atoms with Gasteiger partial charge in [-0.3, -0.25) is 14.5 Å². The van der Waals surface area contributed by atoms with E-state index in [1.807, 2.05) is 34.7 Å². The van der Waals surface area contributed by atoms with Crippen LogP contribution < -0.4 is 0 Å². The van der Waals surface area contributed by atoms with Crippen LogP contribution in [0.5, 0.6) is 0 Å². The zero-order chi connectivity index (χ0) is 16.9. The van der Waals surface area contributed by atoms with Crippen molar-refractivity contribution in [2.24, 2.45) is 0 Å². The Kier molecular flexibility index (Phi) is 5.25. The summed E-state index contributed by atoms with van der Waals surface area (Å²) in [6, 6.07) is 5.85. The Morgan fingerprint density at radius 2 is 2.12 bits per heavy atom. The molecule has 0 radical (unpaired) electrons. The molecular formula is C18H24N4O2. The predicted octanol–water partition coefficient (Wildman–Crippen LogP) is 1.78. The molecule has 2 aromatic rings. The monoisotopic (exact) mass is 328 g/mol. The van der Waals surface area contributed by atoms with Gasteiger partial charge in [0.05, 0.1) is 19.1 Å². The summed E-state index contributed by atoms with van der Waals surface area (Å²) in [6.07, 6.45) is 7.14. The van der Waals surface area contributed by atoms with Gasteiger partial charge in [0, 0.05) is 43.3 Å². The van der Waals surface area contributed by atoms with Crippen LogP contribution in [-0.4, -0.2) is 50.4 Å². The van der Waals surface area contributed by atoms with Crippen molar-refractivity contribution in [3.63, 3.8) is 0 Å². The third-order valence-corrected chi connectivity index (χ3v) is 4.84. The molecule has 1 saturated heterocycles. The van der Waals surface area contributed by atoms with Crippen molar-refractivity contribution in [2.45, 2.75) is 38.1 Å². The van der Waals surface area contributed by atoms with Gasteiger partial charge in [0.25, 0.3) is 0 Å². The molecule has 1 unspecified atom stereocenters. The first-order valence-corrected chi connectivity index (χ1v) is 8.52. The molecule has 3 heterocycles. The molecule has 6 heteroatoms. The highest BCUT2D eigenvalue weighted by Crippen LogP contribution is 2.29. The van der Waals surface area contributed by atoms with Crippen LogP contribution in [0.15, 0.2) is 36.8 Å². The maximum Gasteiger partial charge on any atom is 0.229 e. The Morgan fingerprint density at radius 3 is 2.79 bits per heavy atom. The largest absolute Gasteiger partial charge is 0.394 e. The van der Waals surface area contributed by atoms with Gasteiger partial charge in [0.1, 0.15) is 0 Å². The van der Waals surface area contributed by atoms with E-state index in [1.165, 1.54) is 0 Å². The molecule has 6 nitrogen and oxygen atoms in total. The number of carbonyl (C=O) groups is 1. The smallest absolute Gasteiger partial charge is 0.229 e. The van der Waals surface area contributed by atoms with Gasteiger partial charge in [-0.2, -0.15) is 5.10 Å². The number of hydrogen-bond donors (Lipinski definition) is 1. The number of hydrogen-bond acceptors (Lipinski definition) is 4. The van der Waals surface area contributed by atoms with Crippen LogP contribution in [0.4, 0.5) is 0 Å². The highest BCUT2D eigenvalue weighted by molar-refractivity contribution is 5.83. The van der Waals surface area contributed by atoms with Gasteiger partial charge in [0.2, 0.25) is 5.91 Å². The normalized spacial score (nSPS) is 17.0. The Morgan fingerprint density at radius 1 is 1.33 bits per heavy atom.